The van der Waals surface area contributed by atoms with Crippen LogP contribution in [0.25, 0.3) is 0 Å². The molecule has 0 amide bonds. The van der Waals surface area contributed by atoms with E-state index in [1.807, 2.05) is 0 Å². The molecule has 5 unspecified atom stereocenters. The molecule has 0 radical (unpaired) electrons. The molecular formula is C17H19F3O. The van der Waals surface area contributed by atoms with Gasteiger partial charge in [0.2, 0.25) is 0 Å². The lowest BCUT2D eigenvalue weighted by molar-refractivity contribution is -0.138. The van der Waals surface area contributed by atoms with Crippen LogP contribution in [0.3, 0.4) is 0 Å². The second-order valence-electron chi connectivity index (χ2n) is 7.25. The van der Waals surface area contributed by atoms with E-state index in [4.69, 9.17) is 0 Å². The fourth-order valence-electron chi connectivity index (χ4n) is 5.33. The average molecular weight is 296 g/mol. The normalized spacial score (nSPS) is 41.5. The number of aliphatic hydroxyl groups is 1. The van der Waals surface area contributed by atoms with Crippen molar-refractivity contribution in [3.8, 4) is 0 Å². The lowest BCUT2D eigenvalue weighted by atomic mass is 9.63. The number of alkyl halides is 3. The third-order valence-corrected chi connectivity index (χ3v) is 6.00. The van der Waals surface area contributed by atoms with E-state index in [2.05, 4.69) is 0 Å². The molecule has 1 nitrogen and oxygen atoms in total. The Balaban J connectivity index is 1.75. The number of fused-ring (bicyclic) bond motifs is 2. The van der Waals surface area contributed by atoms with Gasteiger partial charge in [0.25, 0.3) is 0 Å². The van der Waals surface area contributed by atoms with E-state index in [1.54, 1.807) is 6.07 Å². The molecule has 4 heteroatoms. The maximum Gasteiger partial charge on any atom is 0.416 e. The lowest BCUT2D eigenvalue weighted by Crippen LogP contribution is -2.43. The molecule has 21 heavy (non-hydrogen) atoms. The van der Waals surface area contributed by atoms with Crippen molar-refractivity contribution >= 4 is 0 Å². The molecule has 0 aromatic heterocycles. The zero-order valence-corrected chi connectivity index (χ0v) is 11.7. The van der Waals surface area contributed by atoms with Crippen molar-refractivity contribution in [3.63, 3.8) is 0 Å². The minimum atomic E-state index is -4.35. The van der Waals surface area contributed by atoms with E-state index in [9.17, 15) is 18.3 Å². The van der Waals surface area contributed by atoms with Crippen LogP contribution in [0.1, 0.15) is 43.2 Å². The second kappa shape index (κ2) is 4.25. The summed E-state index contributed by atoms with van der Waals surface area (Å²) in [6.45, 7) is 0. The first-order valence-electron chi connectivity index (χ1n) is 7.76. The third-order valence-electron chi connectivity index (χ3n) is 6.00. The van der Waals surface area contributed by atoms with Gasteiger partial charge in [0.05, 0.1) is 11.2 Å². The Morgan fingerprint density at radius 1 is 1.05 bits per heavy atom. The Kier molecular flexibility index (Phi) is 2.76. The van der Waals surface area contributed by atoms with Crippen molar-refractivity contribution in [1.82, 2.24) is 0 Å². The zero-order valence-electron chi connectivity index (χ0n) is 11.7. The summed E-state index contributed by atoms with van der Waals surface area (Å²) >= 11 is 0. The number of hydrogen-bond donors (Lipinski definition) is 1. The first-order valence-corrected chi connectivity index (χ1v) is 7.76. The van der Waals surface area contributed by atoms with E-state index in [0.717, 1.165) is 37.8 Å². The number of halogens is 3. The highest BCUT2D eigenvalue weighted by Gasteiger charge is 2.56. The van der Waals surface area contributed by atoms with Crippen LogP contribution < -0.4 is 0 Å². The molecule has 3 bridgehead atoms. The summed E-state index contributed by atoms with van der Waals surface area (Å²) in [5.74, 6) is 1.80. The Labute approximate surface area is 122 Å². The molecule has 1 aromatic carbocycles. The molecule has 3 aliphatic rings. The van der Waals surface area contributed by atoms with Gasteiger partial charge in [-0.3, -0.25) is 0 Å². The van der Waals surface area contributed by atoms with Gasteiger partial charge < -0.3 is 5.11 Å². The van der Waals surface area contributed by atoms with Crippen LogP contribution in [0, 0.1) is 23.7 Å². The molecule has 5 atom stereocenters. The van der Waals surface area contributed by atoms with Gasteiger partial charge in [-0.2, -0.15) is 13.2 Å². The molecular weight excluding hydrogens is 277 g/mol. The second-order valence-corrected chi connectivity index (χ2v) is 7.25. The summed E-state index contributed by atoms with van der Waals surface area (Å²) in [7, 11) is 0. The van der Waals surface area contributed by atoms with Gasteiger partial charge in [-0.1, -0.05) is 12.1 Å². The summed E-state index contributed by atoms with van der Waals surface area (Å²) < 4.78 is 38.8. The molecule has 1 N–H and O–H groups in total. The van der Waals surface area contributed by atoms with Crippen LogP contribution in [0.15, 0.2) is 24.3 Å². The Hall–Kier alpha value is -1.03. The molecule has 0 spiro atoms. The molecule has 3 aliphatic carbocycles. The Morgan fingerprint density at radius 2 is 1.81 bits per heavy atom. The number of benzene rings is 1. The van der Waals surface area contributed by atoms with Gasteiger partial charge >= 0.3 is 6.18 Å². The predicted octanol–water partition coefficient (Wildman–Crippen LogP) is 4.35. The largest absolute Gasteiger partial charge is 0.416 e. The summed E-state index contributed by atoms with van der Waals surface area (Å²) in [4.78, 5) is 0. The highest BCUT2D eigenvalue weighted by Crippen LogP contribution is 2.61. The van der Waals surface area contributed by atoms with E-state index in [-0.39, 0.29) is 5.92 Å². The number of hydrogen-bond acceptors (Lipinski definition) is 1. The van der Waals surface area contributed by atoms with Crippen LogP contribution in [0.4, 0.5) is 13.2 Å². The quantitative estimate of drug-likeness (QED) is 0.817. The molecule has 1 aromatic rings. The smallest absolute Gasteiger partial charge is 0.385 e. The predicted molar refractivity (Wildman–Crippen MR) is 72.4 cm³/mol. The van der Waals surface area contributed by atoms with Crippen LogP contribution in [0.2, 0.25) is 0 Å². The van der Waals surface area contributed by atoms with Crippen LogP contribution >= 0.6 is 0 Å². The summed E-state index contributed by atoms with van der Waals surface area (Å²) in [6.07, 6.45) is 0.720. The van der Waals surface area contributed by atoms with Crippen molar-refractivity contribution in [2.75, 3.05) is 0 Å². The van der Waals surface area contributed by atoms with Gasteiger partial charge in [-0.25, -0.2) is 0 Å². The van der Waals surface area contributed by atoms with Gasteiger partial charge in [-0.15, -0.1) is 0 Å². The molecule has 0 saturated heterocycles. The lowest BCUT2D eigenvalue weighted by Gasteiger charge is -2.46. The van der Waals surface area contributed by atoms with Crippen molar-refractivity contribution in [2.45, 2.75) is 43.9 Å². The first kappa shape index (κ1) is 13.6. The van der Waals surface area contributed by atoms with E-state index in [1.165, 1.54) is 6.07 Å². The molecule has 0 heterocycles. The molecule has 3 fully saturated rings. The van der Waals surface area contributed by atoms with Crippen LogP contribution in [-0.4, -0.2) is 5.11 Å². The SMILES string of the molecule is OC1(c2cccc(C(F)(F)F)c2)CC2CC3CC(C2)C1C3. The maximum absolute atomic E-state index is 12.9. The minimum absolute atomic E-state index is 0.143. The summed E-state index contributed by atoms with van der Waals surface area (Å²) in [6, 6.07) is 5.35. The summed E-state index contributed by atoms with van der Waals surface area (Å²) in [5.41, 5.74) is -1.24. The van der Waals surface area contributed by atoms with Gasteiger partial charge in [0.1, 0.15) is 0 Å². The fraction of sp³-hybridized carbons (Fsp3) is 0.647. The Bertz CT molecular complexity index is 565. The van der Waals surface area contributed by atoms with Gasteiger partial charge in [0.15, 0.2) is 0 Å². The first-order chi connectivity index (χ1) is 9.86. The monoisotopic (exact) mass is 296 g/mol. The van der Waals surface area contributed by atoms with Crippen molar-refractivity contribution in [3.05, 3.63) is 35.4 Å². The summed E-state index contributed by atoms with van der Waals surface area (Å²) in [5, 5.41) is 11.2. The van der Waals surface area contributed by atoms with E-state index >= 15 is 0 Å². The fourth-order valence-corrected chi connectivity index (χ4v) is 5.33. The zero-order chi connectivity index (χ0) is 14.8. The third kappa shape index (κ3) is 2.02. The van der Waals surface area contributed by atoms with Crippen LogP contribution in [-0.2, 0) is 11.8 Å². The van der Waals surface area contributed by atoms with E-state index < -0.39 is 17.3 Å². The Morgan fingerprint density at radius 3 is 2.57 bits per heavy atom. The maximum atomic E-state index is 12.9. The standard InChI is InChI=1S/C17H19F3O/c18-17(19,20)14-3-1-2-13(8-14)16(21)9-11-4-10-5-12(6-11)15(16)7-10/h1-3,8,10-12,15,21H,4-7,9H2. The molecule has 114 valence electrons. The van der Waals surface area contributed by atoms with Crippen molar-refractivity contribution in [2.24, 2.45) is 23.7 Å². The molecule has 0 aliphatic heterocycles. The van der Waals surface area contributed by atoms with Gasteiger partial charge in [-0.05, 0) is 73.5 Å². The van der Waals surface area contributed by atoms with Crippen molar-refractivity contribution in [1.29, 1.82) is 0 Å². The average Bonchev–Trinajstić information content (AvgIpc) is 2.67. The topological polar surface area (TPSA) is 20.2 Å². The highest BCUT2D eigenvalue weighted by molar-refractivity contribution is 5.32. The van der Waals surface area contributed by atoms with Crippen LogP contribution in [0.5, 0.6) is 0 Å². The minimum Gasteiger partial charge on any atom is -0.385 e. The number of rotatable bonds is 1. The molecule has 4 rings (SSSR count). The van der Waals surface area contributed by atoms with Gasteiger partial charge in [0, 0.05) is 0 Å². The van der Waals surface area contributed by atoms with E-state index in [0.29, 0.717) is 29.7 Å². The van der Waals surface area contributed by atoms with Crippen molar-refractivity contribution < 1.29 is 18.3 Å². The highest BCUT2D eigenvalue weighted by atomic mass is 19.4. The molecule has 3 saturated carbocycles.